The fourth-order valence-electron chi connectivity index (χ4n) is 3.78. The number of hydrogen-bond acceptors (Lipinski definition) is 4. The summed E-state index contributed by atoms with van der Waals surface area (Å²) >= 11 is 0. The largest absolute Gasteiger partial charge is 0.497 e. The number of methoxy groups -OCH3 is 2. The summed E-state index contributed by atoms with van der Waals surface area (Å²) in [7, 11) is 3.24. The maximum absolute atomic E-state index is 13.1. The number of nitrogens with zero attached hydrogens (tertiary/aromatic N) is 1. The molecule has 3 aromatic carbocycles. The van der Waals surface area contributed by atoms with Crippen molar-refractivity contribution in [3.05, 3.63) is 72.3 Å². The second-order valence-electron chi connectivity index (χ2n) is 7.26. The van der Waals surface area contributed by atoms with Gasteiger partial charge < -0.3 is 19.7 Å². The van der Waals surface area contributed by atoms with Crippen LogP contribution in [0.3, 0.4) is 0 Å². The van der Waals surface area contributed by atoms with Gasteiger partial charge in [-0.1, -0.05) is 24.3 Å². The summed E-state index contributed by atoms with van der Waals surface area (Å²) in [6.45, 7) is 0.632. The molecule has 6 heteroatoms. The number of nitrogens with one attached hydrogen (secondary N) is 1. The molecule has 1 fully saturated rings. The lowest BCUT2D eigenvalue weighted by molar-refractivity contribution is -0.117. The molecule has 31 heavy (non-hydrogen) atoms. The van der Waals surface area contributed by atoms with Crippen LogP contribution < -0.4 is 19.7 Å². The molecule has 6 nitrogen and oxygen atoms in total. The molecule has 1 N–H and O–H groups in total. The summed E-state index contributed by atoms with van der Waals surface area (Å²) in [4.78, 5) is 27.0. The smallest absolute Gasteiger partial charge is 0.257 e. The number of rotatable bonds is 6. The lowest BCUT2D eigenvalue weighted by Gasteiger charge is -2.19. The van der Waals surface area contributed by atoms with Crippen LogP contribution in [0.15, 0.2) is 66.7 Å². The van der Waals surface area contributed by atoms with Crippen LogP contribution in [0.25, 0.3) is 11.1 Å². The van der Waals surface area contributed by atoms with Gasteiger partial charge in [0.25, 0.3) is 5.91 Å². The van der Waals surface area contributed by atoms with E-state index in [9.17, 15) is 9.59 Å². The Balaban J connectivity index is 1.63. The van der Waals surface area contributed by atoms with Gasteiger partial charge in [-0.05, 0) is 54.4 Å². The van der Waals surface area contributed by atoms with Gasteiger partial charge in [-0.3, -0.25) is 9.59 Å². The average molecular weight is 416 g/mol. The van der Waals surface area contributed by atoms with Gasteiger partial charge in [-0.15, -0.1) is 0 Å². The highest BCUT2D eigenvalue weighted by molar-refractivity contribution is 6.11. The standard InChI is InChI=1S/C25H24N2O4/c1-30-19-12-9-17(10-13-19)21-16-18(11-14-23(21)31-2)26-25(29)20-6-3-4-7-22(20)27-15-5-8-24(27)28/h3-4,6-7,9-14,16H,5,8,15H2,1-2H3,(H,26,29). The third-order valence-corrected chi connectivity index (χ3v) is 5.37. The lowest BCUT2D eigenvalue weighted by Crippen LogP contribution is -2.27. The fraction of sp³-hybridized carbons (Fsp3) is 0.200. The van der Waals surface area contributed by atoms with E-state index in [0.29, 0.717) is 35.7 Å². The van der Waals surface area contributed by atoms with Crippen LogP contribution in [0.4, 0.5) is 11.4 Å². The van der Waals surface area contributed by atoms with E-state index in [2.05, 4.69) is 5.32 Å². The first-order chi connectivity index (χ1) is 15.1. The first-order valence-electron chi connectivity index (χ1n) is 10.1. The Morgan fingerprint density at radius 1 is 0.968 bits per heavy atom. The van der Waals surface area contributed by atoms with Crippen molar-refractivity contribution in [1.29, 1.82) is 0 Å². The molecule has 3 aromatic rings. The predicted octanol–water partition coefficient (Wildman–Crippen LogP) is 4.75. The second kappa shape index (κ2) is 8.92. The maximum Gasteiger partial charge on any atom is 0.257 e. The van der Waals surface area contributed by atoms with Crippen LogP contribution in [0, 0.1) is 0 Å². The van der Waals surface area contributed by atoms with Crippen molar-refractivity contribution in [1.82, 2.24) is 0 Å². The molecule has 0 unspecified atom stereocenters. The van der Waals surface area contributed by atoms with Crippen molar-refractivity contribution in [2.45, 2.75) is 12.8 Å². The molecular formula is C25H24N2O4. The summed E-state index contributed by atoms with van der Waals surface area (Å²) in [6.07, 6.45) is 1.32. The van der Waals surface area contributed by atoms with Crippen molar-refractivity contribution < 1.29 is 19.1 Å². The topological polar surface area (TPSA) is 67.9 Å². The molecular weight excluding hydrogens is 392 g/mol. The lowest BCUT2D eigenvalue weighted by atomic mass is 10.0. The highest BCUT2D eigenvalue weighted by atomic mass is 16.5. The second-order valence-corrected chi connectivity index (χ2v) is 7.26. The van der Waals surface area contributed by atoms with Crippen LogP contribution in [0.2, 0.25) is 0 Å². The Kier molecular flexibility index (Phi) is 5.89. The quantitative estimate of drug-likeness (QED) is 0.630. The molecule has 0 saturated carbocycles. The monoisotopic (exact) mass is 416 g/mol. The highest BCUT2D eigenvalue weighted by Gasteiger charge is 2.25. The van der Waals surface area contributed by atoms with Crippen LogP contribution in [-0.2, 0) is 4.79 Å². The number of para-hydroxylation sites is 1. The molecule has 1 aliphatic heterocycles. The van der Waals surface area contributed by atoms with Gasteiger partial charge in [-0.25, -0.2) is 0 Å². The summed E-state index contributed by atoms with van der Waals surface area (Å²) in [5.74, 6) is 1.25. The Labute approximate surface area is 181 Å². The number of benzene rings is 3. The van der Waals surface area contributed by atoms with Crippen molar-refractivity contribution in [2.24, 2.45) is 0 Å². The summed E-state index contributed by atoms with van der Waals surface area (Å²) < 4.78 is 10.7. The molecule has 1 aliphatic rings. The molecule has 2 amide bonds. The molecule has 0 aromatic heterocycles. The molecule has 4 rings (SSSR count). The molecule has 0 bridgehead atoms. The molecule has 158 valence electrons. The third kappa shape index (κ3) is 4.23. The van der Waals surface area contributed by atoms with Gasteiger partial charge in [0.1, 0.15) is 11.5 Å². The van der Waals surface area contributed by atoms with Gasteiger partial charge >= 0.3 is 0 Å². The number of anilines is 2. The van der Waals surface area contributed by atoms with Crippen LogP contribution >= 0.6 is 0 Å². The fourth-order valence-corrected chi connectivity index (χ4v) is 3.78. The number of hydrogen-bond donors (Lipinski definition) is 1. The van der Waals surface area contributed by atoms with E-state index in [1.54, 1.807) is 37.3 Å². The van der Waals surface area contributed by atoms with E-state index >= 15 is 0 Å². The molecule has 0 spiro atoms. The highest BCUT2D eigenvalue weighted by Crippen LogP contribution is 2.34. The summed E-state index contributed by atoms with van der Waals surface area (Å²) in [5, 5.41) is 2.96. The van der Waals surface area contributed by atoms with Gasteiger partial charge in [0.05, 0.1) is 25.5 Å². The van der Waals surface area contributed by atoms with Crippen LogP contribution in [-0.4, -0.2) is 32.6 Å². The Bertz CT molecular complexity index is 1110. The molecule has 0 aliphatic carbocycles. The number of carbonyl (C=O) groups excluding carboxylic acids is 2. The minimum atomic E-state index is -0.263. The first-order valence-corrected chi connectivity index (χ1v) is 10.1. The minimum Gasteiger partial charge on any atom is -0.497 e. The third-order valence-electron chi connectivity index (χ3n) is 5.37. The summed E-state index contributed by atoms with van der Waals surface area (Å²) in [6, 6.07) is 20.3. The predicted molar refractivity (Wildman–Crippen MR) is 121 cm³/mol. The SMILES string of the molecule is COc1ccc(-c2cc(NC(=O)c3ccccc3N3CCCC3=O)ccc2OC)cc1. The molecule has 1 saturated heterocycles. The number of ether oxygens (including phenoxy) is 2. The van der Waals surface area contributed by atoms with E-state index in [0.717, 1.165) is 23.3 Å². The Morgan fingerprint density at radius 3 is 2.42 bits per heavy atom. The zero-order chi connectivity index (χ0) is 21.8. The van der Waals surface area contributed by atoms with E-state index < -0.39 is 0 Å². The van der Waals surface area contributed by atoms with Crippen molar-refractivity contribution in [3.63, 3.8) is 0 Å². The Hall–Kier alpha value is -3.80. The van der Waals surface area contributed by atoms with Gasteiger partial charge in [-0.2, -0.15) is 0 Å². The van der Waals surface area contributed by atoms with Crippen LogP contribution in [0.1, 0.15) is 23.2 Å². The van der Waals surface area contributed by atoms with E-state index in [1.807, 2.05) is 48.5 Å². The van der Waals surface area contributed by atoms with Gasteiger partial charge in [0, 0.05) is 24.2 Å². The van der Waals surface area contributed by atoms with Crippen molar-refractivity contribution in [2.75, 3.05) is 31.0 Å². The maximum atomic E-state index is 13.1. The van der Waals surface area contributed by atoms with Gasteiger partial charge in [0.15, 0.2) is 0 Å². The molecule has 0 radical (unpaired) electrons. The molecule has 0 atom stereocenters. The van der Waals surface area contributed by atoms with E-state index in [1.165, 1.54) is 0 Å². The van der Waals surface area contributed by atoms with Gasteiger partial charge in [0.2, 0.25) is 5.91 Å². The summed E-state index contributed by atoms with van der Waals surface area (Å²) in [5.41, 5.74) is 3.55. The number of carbonyl (C=O) groups is 2. The van der Waals surface area contributed by atoms with E-state index in [-0.39, 0.29) is 11.8 Å². The van der Waals surface area contributed by atoms with Crippen molar-refractivity contribution >= 4 is 23.2 Å². The zero-order valence-corrected chi connectivity index (χ0v) is 17.6. The zero-order valence-electron chi connectivity index (χ0n) is 17.6. The minimum absolute atomic E-state index is 0.0477. The Morgan fingerprint density at radius 2 is 1.74 bits per heavy atom. The normalized spacial score (nSPS) is 13.2. The van der Waals surface area contributed by atoms with Crippen molar-refractivity contribution in [3.8, 4) is 22.6 Å². The van der Waals surface area contributed by atoms with Crippen LogP contribution in [0.5, 0.6) is 11.5 Å². The van der Waals surface area contributed by atoms with E-state index in [4.69, 9.17) is 9.47 Å². The first kappa shape index (κ1) is 20.5. The average Bonchev–Trinajstić information content (AvgIpc) is 3.24. The molecule has 1 heterocycles. The number of amides is 2.